The Balaban J connectivity index is 2.30. The summed E-state index contributed by atoms with van der Waals surface area (Å²) in [4.78, 5) is 15.0. The quantitative estimate of drug-likeness (QED) is 0.906. The Morgan fingerprint density at radius 1 is 1.37 bits per heavy atom. The van der Waals surface area contributed by atoms with Crippen molar-refractivity contribution in [2.45, 2.75) is 0 Å². The van der Waals surface area contributed by atoms with Crippen LogP contribution in [0.3, 0.4) is 0 Å². The lowest BCUT2D eigenvalue weighted by Gasteiger charge is -2.07. The van der Waals surface area contributed by atoms with Gasteiger partial charge in [0.05, 0.1) is 21.9 Å². The van der Waals surface area contributed by atoms with Crippen LogP contribution in [-0.4, -0.2) is 10.9 Å². The minimum atomic E-state index is -0.688. The third-order valence-corrected chi connectivity index (χ3v) is 2.93. The number of halogens is 2. The van der Waals surface area contributed by atoms with Crippen LogP contribution in [0.25, 0.3) is 0 Å². The Morgan fingerprint density at radius 3 is 2.74 bits per heavy atom. The number of nitrogens with two attached hydrogens (primary N) is 2. The number of hydrogen-bond donors (Lipinski definition) is 2. The van der Waals surface area contributed by atoms with Gasteiger partial charge in [-0.3, -0.25) is 4.79 Å². The van der Waals surface area contributed by atoms with Crippen LogP contribution < -0.4 is 16.2 Å². The van der Waals surface area contributed by atoms with Crippen molar-refractivity contribution < 1.29 is 13.9 Å². The van der Waals surface area contributed by atoms with Gasteiger partial charge in [0.15, 0.2) is 0 Å². The Labute approximate surface area is 116 Å². The van der Waals surface area contributed by atoms with Crippen molar-refractivity contribution in [3.05, 3.63) is 46.3 Å². The SMILES string of the molecule is NC(=O)c1cc(Oc2ccc(Br)c(F)c2)ncc1N. The summed E-state index contributed by atoms with van der Waals surface area (Å²) in [6, 6.07) is 5.54. The Morgan fingerprint density at radius 2 is 2.11 bits per heavy atom. The topological polar surface area (TPSA) is 91.2 Å². The van der Waals surface area contributed by atoms with Crippen molar-refractivity contribution in [3.8, 4) is 11.6 Å². The van der Waals surface area contributed by atoms with Crippen LogP contribution in [0, 0.1) is 5.82 Å². The maximum absolute atomic E-state index is 13.3. The van der Waals surface area contributed by atoms with Gasteiger partial charge in [0.2, 0.25) is 5.88 Å². The number of rotatable bonds is 3. The molecule has 4 N–H and O–H groups in total. The molecule has 1 heterocycles. The normalized spacial score (nSPS) is 10.2. The van der Waals surface area contributed by atoms with Gasteiger partial charge in [-0.05, 0) is 28.1 Å². The summed E-state index contributed by atoms with van der Waals surface area (Å²) >= 11 is 3.03. The van der Waals surface area contributed by atoms with Crippen molar-refractivity contribution in [1.82, 2.24) is 4.98 Å². The van der Waals surface area contributed by atoms with Crippen LogP contribution in [0.5, 0.6) is 11.6 Å². The van der Waals surface area contributed by atoms with Gasteiger partial charge < -0.3 is 16.2 Å². The second-order valence-corrected chi connectivity index (χ2v) is 4.51. The van der Waals surface area contributed by atoms with Crippen molar-refractivity contribution in [2.24, 2.45) is 5.73 Å². The smallest absolute Gasteiger partial charge is 0.251 e. The summed E-state index contributed by atoms with van der Waals surface area (Å²) in [6.45, 7) is 0. The van der Waals surface area contributed by atoms with Crippen LogP contribution in [0.15, 0.2) is 34.9 Å². The second kappa shape index (κ2) is 5.23. The molecule has 0 aliphatic rings. The summed E-state index contributed by atoms with van der Waals surface area (Å²) < 4.78 is 19.0. The van der Waals surface area contributed by atoms with E-state index >= 15 is 0 Å². The molecular formula is C12H9BrFN3O2. The zero-order chi connectivity index (χ0) is 14.0. The number of nitrogens with zero attached hydrogens (tertiary/aromatic N) is 1. The van der Waals surface area contributed by atoms with E-state index in [1.165, 1.54) is 24.4 Å². The number of primary amides is 1. The molecule has 5 nitrogen and oxygen atoms in total. The molecule has 0 radical (unpaired) electrons. The fourth-order valence-electron chi connectivity index (χ4n) is 1.38. The lowest BCUT2D eigenvalue weighted by Crippen LogP contribution is -2.13. The number of nitrogen functional groups attached to an aromatic ring is 1. The minimum absolute atomic E-state index is 0.0996. The first-order valence-electron chi connectivity index (χ1n) is 5.15. The van der Waals surface area contributed by atoms with E-state index in [1.54, 1.807) is 6.07 Å². The molecule has 2 rings (SSSR count). The van der Waals surface area contributed by atoms with Crippen LogP contribution in [0.1, 0.15) is 10.4 Å². The molecule has 0 bridgehead atoms. The Bertz CT molecular complexity index is 649. The number of benzene rings is 1. The van der Waals surface area contributed by atoms with Crippen LogP contribution in [0.2, 0.25) is 0 Å². The molecule has 0 saturated carbocycles. The predicted molar refractivity (Wildman–Crippen MR) is 71.3 cm³/mol. The van der Waals surface area contributed by atoms with E-state index in [-0.39, 0.29) is 22.9 Å². The number of carbonyl (C=O) groups is 1. The van der Waals surface area contributed by atoms with Gasteiger partial charge in [-0.25, -0.2) is 9.37 Å². The number of anilines is 1. The molecule has 2 aromatic rings. The molecule has 19 heavy (non-hydrogen) atoms. The average molecular weight is 326 g/mol. The van der Waals surface area contributed by atoms with E-state index in [9.17, 15) is 9.18 Å². The number of amides is 1. The third-order valence-electron chi connectivity index (χ3n) is 2.29. The zero-order valence-corrected chi connectivity index (χ0v) is 11.1. The Hall–Kier alpha value is -2.15. The Kier molecular flexibility index (Phi) is 3.66. The first-order chi connectivity index (χ1) is 8.97. The van der Waals surface area contributed by atoms with Gasteiger partial charge >= 0.3 is 0 Å². The summed E-state index contributed by atoms with van der Waals surface area (Å²) in [7, 11) is 0. The average Bonchev–Trinajstić information content (AvgIpc) is 2.36. The maximum atomic E-state index is 13.3. The number of ether oxygens (including phenoxy) is 1. The number of aromatic nitrogens is 1. The van der Waals surface area contributed by atoms with Gasteiger partial charge in [0.25, 0.3) is 5.91 Å². The lowest BCUT2D eigenvalue weighted by atomic mass is 10.2. The monoisotopic (exact) mass is 325 g/mol. The summed E-state index contributed by atoms with van der Waals surface area (Å²) in [6.07, 6.45) is 1.25. The highest BCUT2D eigenvalue weighted by atomic mass is 79.9. The molecule has 1 aromatic carbocycles. The summed E-state index contributed by atoms with van der Waals surface area (Å²) in [5, 5.41) is 0. The molecule has 0 fully saturated rings. The molecule has 0 saturated heterocycles. The molecule has 0 aliphatic carbocycles. The highest BCUT2D eigenvalue weighted by Gasteiger charge is 2.10. The van der Waals surface area contributed by atoms with E-state index < -0.39 is 11.7 Å². The van der Waals surface area contributed by atoms with E-state index in [0.29, 0.717) is 4.47 Å². The first kappa shape index (κ1) is 13.3. The minimum Gasteiger partial charge on any atom is -0.439 e. The standard InChI is InChI=1S/C12H9BrFN3O2/c13-8-2-1-6(3-9(8)14)19-11-4-7(12(16)18)10(15)5-17-11/h1-5H,15H2,(H2,16,18). The van der Waals surface area contributed by atoms with Crippen LogP contribution in [0.4, 0.5) is 10.1 Å². The molecule has 0 atom stereocenters. The maximum Gasteiger partial charge on any atom is 0.251 e. The van der Waals surface area contributed by atoms with Crippen molar-refractivity contribution in [2.75, 3.05) is 5.73 Å². The van der Waals surface area contributed by atoms with E-state index in [0.717, 1.165) is 0 Å². The van der Waals surface area contributed by atoms with Gasteiger partial charge in [-0.15, -0.1) is 0 Å². The molecule has 0 unspecified atom stereocenters. The molecular weight excluding hydrogens is 317 g/mol. The van der Waals surface area contributed by atoms with Crippen molar-refractivity contribution in [1.29, 1.82) is 0 Å². The number of carbonyl (C=O) groups excluding carboxylic acids is 1. The molecule has 0 aliphatic heterocycles. The molecule has 7 heteroatoms. The highest BCUT2D eigenvalue weighted by Crippen LogP contribution is 2.26. The van der Waals surface area contributed by atoms with Crippen molar-refractivity contribution in [3.63, 3.8) is 0 Å². The van der Waals surface area contributed by atoms with Crippen molar-refractivity contribution >= 4 is 27.5 Å². The number of hydrogen-bond acceptors (Lipinski definition) is 4. The fraction of sp³-hybridized carbons (Fsp3) is 0. The van der Waals surface area contributed by atoms with Crippen LogP contribution in [-0.2, 0) is 0 Å². The fourth-order valence-corrected chi connectivity index (χ4v) is 1.62. The molecule has 98 valence electrons. The van der Waals surface area contributed by atoms with E-state index in [4.69, 9.17) is 16.2 Å². The largest absolute Gasteiger partial charge is 0.439 e. The summed E-state index contributed by atoms with van der Waals surface area (Å²) in [5.41, 5.74) is 10.9. The van der Waals surface area contributed by atoms with Crippen LogP contribution >= 0.6 is 15.9 Å². The zero-order valence-electron chi connectivity index (χ0n) is 9.56. The van der Waals surface area contributed by atoms with Gasteiger partial charge in [-0.1, -0.05) is 0 Å². The number of pyridine rings is 1. The molecule has 0 spiro atoms. The highest BCUT2D eigenvalue weighted by molar-refractivity contribution is 9.10. The van der Waals surface area contributed by atoms with Gasteiger partial charge in [0.1, 0.15) is 11.6 Å². The third kappa shape index (κ3) is 3.00. The van der Waals surface area contributed by atoms with Gasteiger partial charge in [0, 0.05) is 12.1 Å². The van der Waals surface area contributed by atoms with E-state index in [2.05, 4.69) is 20.9 Å². The predicted octanol–water partition coefficient (Wildman–Crippen LogP) is 2.46. The molecule has 1 aromatic heterocycles. The van der Waals surface area contributed by atoms with E-state index in [1.807, 2.05) is 0 Å². The lowest BCUT2D eigenvalue weighted by molar-refractivity contribution is 0.100. The summed E-state index contributed by atoms with van der Waals surface area (Å²) in [5.74, 6) is -0.812. The first-order valence-corrected chi connectivity index (χ1v) is 5.95. The molecule has 1 amide bonds. The second-order valence-electron chi connectivity index (χ2n) is 3.65. The van der Waals surface area contributed by atoms with Gasteiger partial charge in [-0.2, -0.15) is 0 Å².